The Bertz CT molecular complexity index is 1760. The quantitative estimate of drug-likeness (QED) is 0.118. The van der Waals surface area contributed by atoms with Gasteiger partial charge in [-0.05, 0) is 136 Å². The van der Waals surface area contributed by atoms with Gasteiger partial charge in [0.15, 0.2) is 0 Å². The molecular weight excluding hydrogens is 625 g/mol. The van der Waals surface area contributed by atoms with Crippen molar-refractivity contribution in [2.24, 2.45) is 0 Å². The Morgan fingerprint density at radius 2 is 0.783 bits per heavy atom. The number of hydrogen-bond donors (Lipinski definition) is 4. The Balaban J connectivity index is 1.19. The maximum Gasteiger partial charge on any atom is 0.261 e. The van der Waals surface area contributed by atoms with Gasteiger partial charge in [0, 0.05) is 35.6 Å². The smallest absolute Gasteiger partial charge is 0.261 e. The largest absolute Gasteiger partial charge is 0.326 e. The number of sulfonamides is 2. The van der Waals surface area contributed by atoms with Crippen LogP contribution in [-0.4, -0.2) is 28.6 Å². The summed E-state index contributed by atoms with van der Waals surface area (Å²) in [5, 5.41) is 5.48. The van der Waals surface area contributed by atoms with Crippen LogP contribution in [-0.2, 0) is 29.6 Å². The highest BCUT2D eigenvalue weighted by Crippen LogP contribution is 2.22. The van der Waals surface area contributed by atoms with Gasteiger partial charge in [-0.2, -0.15) is 0 Å². The molecule has 0 aromatic heterocycles. The number of carbonyl (C=O) groups is 2. The lowest BCUT2D eigenvalue weighted by atomic mass is 10.1. The molecular formula is C34H38N4O6S2. The number of unbranched alkanes of at least 4 members (excludes halogenated alkanes) is 1. The summed E-state index contributed by atoms with van der Waals surface area (Å²) in [7, 11) is -7.59. The van der Waals surface area contributed by atoms with E-state index in [9.17, 15) is 26.4 Å². The van der Waals surface area contributed by atoms with Gasteiger partial charge in [0.25, 0.3) is 20.0 Å². The van der Waals surface area contributed by atoms with Gasteiger partial charge in [0.2, 0.25) is 11.8 Å². The standard InChI is InChI=1S/C34H38N4O6S2/c1-23-17-24(2)20-29(19-23)37-45(41,42)31-13-9-27(10-14-31)35-33(39)7-5-6-8-34(40)36-28-11-15-32(16-12-28)46(43,44)38-30-21-25(3)18-26(4)22-30/h9-22,37-38H,5-8H2,1-4H3,(H,35,39)(H,36,40). The predicted octanol–water partition coefficient (Wildman–Crippen LogP) is 6.66. The van der Waals surface area contributed by atoms with Crippen LogP contribution in [0.3, 0.4) is 0 Å². The van der Waals surface area contributed by atoms with Crippen molar-refractivity contribution in [1.82, 2.24) is 0 Å². The van der Waals surface area contributed by atoms with E-state index in [4.69, 9.17) is 0 Å². The minimum absolute atomic E-state index is 0.0703. The maximum absolute atomic E-state index is 12.8. The first kappa shape index (κ1) is 34.2. The third-order valence-corrected chi connectivity index (χ3v) is 9.70. The minimum Gasteiger partial charge on any atom is -0.326 e. The topological polar surface area (TPSA) is 151 Å². The molecule has 242 valence electrons. The molecule has 4 aromatic carbocycles. The number of carbonyl (C=O) groups excluding carboxylic acids is 2. The summed E-state index contributed by atoms with van der Waals surface area (Å²) in [6, 6.07) is 22.7. The zero-order valence-electron chi connectivity index (χ0n) is 26.2. The molecule has 0 bridgehead atoms. The lowest BCUT2D eigenvalue weighted by molar-refractivity contribution is -0.118. The predicted molar refractivity (Wildman–Crippen MR) is 182 cm³/mol. The summed E-state index contributed by atoms with van der Waals surface area (Å²) >= 11 is 0. The Hall–Kier alpha value is -4.68. The second-order valence-electron chi connectivity index (χ2n) is 11.3. The molecule has 0 spiro atoms. The van der Waals surface area contributed by atoms with Crippen molar-refractivity contribution in [3.05, 3.63) is 107 Å². The van der Waals surface area contributed by atoms with E-state index in [1.807, 2.05) is 39.8 Å². The molecule has 0 aliphatic heterocycles. The van der Waals surface area contributed by atoms with Crippen LogP contribution in [0.25, 0.3) is 0 Å². The Morgan fingerprint density at radius 1 is 0.478 bits per heavy atom. The van der Waals surface area contributed by atoms with Gasteiger partial charge in [0.05, 0.1) is 9.79 Å². The first-order valence-corrected chi connectivity index (χ1v) is 17.7. The minimum atomic E-state index is -3.79. The second kappa shape index (κ2) is 14.6. The molecule has 0 fully saturated rings. The number of rotatable bonds is 13. The molecule has 10 nitrogen and oxygen atoms in total. The highest BCUT2D eigenvalue weighted by molar-refractivity contribution is 7.93. The van der Waals surface area contributed by atoms with Crippen LogP contribution in [0.4, 0.5) is 22.7 Å². The summed E-state index contributed by atoms with van der Waals surface area (Å²) in [5.41, 5.74) is 5.66. The highest BCUT2D eigenvalue weighted by atomic mass is 32.2. The number of nitrogens with one attached hydrogen (secondary N) is 4. The summed E-state index contributed by atoms with van der Waals surface area (Å²) in [4.78, 5) is 24.9. The molecule has 12 heteroatoms. The average Bonchev–Trinajstić information content (AvgIpc) is 2.94. The van der Waals surface area contributed by atoms with Gasteiger partial charge in [-0.25, -0.2) is 16.8 Å². The van der Waals surface area contributed by atoms with Gasteiger partial charge in [0.1, 0.15) is 0 Å². The molecule has 0 atom stereocenters. The second-order valence-corrected chi connectivity index (χ2v) is 14.7. The Morgan fingerprint density at radius 3 is 1.09 bits per heavy atom. The van der Waals surface area contributed by atoms with E-state index < -0.39 is 20.0 Å². The third-order valence-electron chi connectivity index (χ3n) is 6.90. The Labute approximate surface area is 270 Å². The van der Waals surface area contributed by atoms with Crippen molar-refractivity contribution in [3.63, 3.8) is 0 Å². The van der Waals surface area contributed by atoms with Gasteiger partial charge in [-0.15, -0.1) is 0 Å². The van der Waals surface area contributed by atoms with Crippen LogP contribution in [0, 0.1) is 27.7 Å². The fraction of sp³-hybridized carbons (Fsp3) is 0.235. The van der Waals surface area contributed by atoms with E-state index >= 15 is 0 Å². The Kier molecular flexibility index (Phi) is 10.9. The van der Waals surface area contributed by atoms with Crippen molar-refractivity contribution < 1.29 is 26.4 Å². The molecule has 0 saturated heterocycles. The van der Waals surface area contributed by atoms with E-state index in [-0.39, 0.29) is 34.4 Å². The lowest BCUT2D eigenvalue weighted by Gasteiger charge is -2.11. The first-order chi connectivity index (χ1) is 21.7. The molecule has 46 heavy (non-hydrogen) atoms. The van der Waals surface area contributed by atoms with E-state index in [0.717, 1.165) is 22.3 Å². The molecule has 0 heterocycles. The van der Waals surface area contributed by atoms with Gasteiger partial charge < -0.3 is 10.6 Å². The molecule has 4 N–H and O–H groups in total. The first-order valence-electron chi connectivity index (χ1n) is 14.7. The summed E-state index contributed by atoms with van der Waals surface area (Å²) in [6.07, 6.45) is 1.29. The molecule has 0 unspecified atom stereocenters. The van der Waals surface area contributed by atoms with Crippen LogP contribution in [0.2, 0.25) is 0 Å². The van der Waals surface area contributed by atoms with Gasteiger partial charge >= 0.3 is 0 Å². The van der Waals surface area contributed by atoms with Crippen LogP contribution in [0.15, 0.2) is 94.7 Å². The van der Waals surface area contributed by atoms with Crippen LogP contribution in [0.5, 0.6) is 0 Å². The zero-order chi connectivity index (χ0) is 33.5. The lowest BCUT2D eigenvalue weighted by Crippen LogP contribution is -2.15. The summed E-state index contributed by atoms with van der Waals surface area (Å²) < 4.78 is 56.3. The van der Waals surface area contributed by atoms with Crippen molar-refractivity contribution >= 4 is 54.6 Å². The number of amides is 2. The molecule has 4 rings (SSSR count). The number of hydrogen-bond acceptors (Lipinski definition) is 6. The molecule has 0 aliphatic rings. The number of benzene rings is 4. The molecule has 2 amide bonds. The van der Waals surface area contributed by atoms with Crippen molar-refractivity contribution in [1.29, 1.82) is 0 Å². The summed E-state index contributed by atoms with van der Waals surface area (Å²) in [5.74, 6) is -0.508. The van der Waals surface area contributed by atoms with Crippen molar-refractivity contribution in [3.8, 4) is 0 Å². The molecule has 0 aliphatic carbocycles. The fourth-order valence-corrected chi connectivity index (χ4v) is 7.03. The van der Waals surface area contributed by atoms with Crippen molar-refractivity contribution in [2.45, 2.75) is 63.2 Å². The number of aryl methyl sites for hydroxylation is 4. The van der Waals surface area contributed by atoms with E-state index in [1.165, 1.54) is 48.5 Å². The SMILES string of the molecule is Cc1cc(C)cc(NS(=O)(=O)c2ccc(NC(=O)CCCCC(=O)Nc3ccc(S(=O)(=O)Nc4cc(C)cc(C)c4)cc3)cc2)c1. The van der Waals surface area contributed by atoms with Crippen molar-refractivity contribution in [2.75, 3.05) is 20.1 Å². The molecule has 4 aromatic rings. The van der Waals surface area contributed by atoms with E-state index in [0.29, 0.717) is 35.6 Å². The average molecular weight is 663 g/mol. The molecule has 0 radical (unpaired) electrons. The number of anilines is 4. The molecule has 0 saturated carbocycles. The fourth-order valence-electron chi connectivity index (χ4n) is 4.95. The van der Waals surface area contributed by atoms with Crippen LogP contribution in [0.1, 0.15) is 47.9 Å². The highest BCUT2D eigenvalue weighted by Gasteiger charge is 2.16. The van der Waals surface area contributed by atoms with E-state index in [2.05, 4.69) is 20.1 Å². The van der Waals surface area contributed by atoms with Gasteiger partial charge in [-0.3, -0.25) is 19.0 Å². The zero-order valence-corrected chi connectivity index (χ0v) is 27.8. The van der Waals surface area contributed by atoms with Crippen LogP contribution >= 0.6 is 0 Å². The maximum atomic E-state index is 12.8. The van der Waals surface area contributed by atoms with E-state index in [1.54, 1.807) is 24.3 Å². The van der Waals surface area contributed by atoms with Gasteiger partial charge in [-0.1, -0.05) is 12.1 Å². The monoisotopic (exact) mass is 662 g/mol. The van der Waals surface area contributed by atoms with Crippen LogP contribution < -0.4 is 20.1 Å². The third kappa shape index (κ3) is 9.91. The summed E-state index contributed by atoms with van der Waals surface area (Å²) in [6.45, 7) is 7.56. The normalized spacial score (nSPS) is 11.5.